The number of hydrogen-bond donors (Lipinski definition) is 1. The Hall–Kier alpha value is -0.160. The van der Waals surface area contributed by atoms with Crippen LogP contribution < -0.4 is 5.73 Å². The van der Waals surface area contributed by atoms with E-state index in [9.17, 15) is 0 Å². The summed E-state index contributed by atoms with van der Waals surface area (Å²) in [6.45, 7) is 8.59. The van der Waals surface area contributed by atoms with E-state index in [1.54, 1.807) is 0 Å². The van der Waals surface area contributed by atoms with E-state index >= 15 is 0 Å². The third-order valence-corrected chi connectivity index (χ3v) is 3.67. The van der Waals surface area contributed by atoms with Crippen molar-refractivity contribution in [3.05, 3.63) is 0 Å². The largest absolute Gasteiger partial charge is 0.374 e. The van der Waals surface area contributed by atoms with Crippen molar-refractivity contribution in [3.63, 3.8) is 0 Å². The second kappa shape index (κ2) is 6.55. The van der Waals surface area contributed by atoms with Crippen molar-refractivity contribution < 1.29 is 4.74 Å². The molecule has 0 aromatic carbocycles. The Bertz CT molecular complexity index is 195. The lowest BCUT2D eigenvalue weighted by Gasteiger charge is -2.34. The minimum absolute atomic E-state index is 0.259. The first-order valence-corrected chi connectivity index (χ1v) is 6.65. The van der Waals surface area contributed by atoms with Crippen LogP contribution in [-0.4, -0.2) is 68.3 Å². The number of piperidine rings is 1. The molecule has 2 rings (SSSR count). The standard InChI is InChI=1S/C12H25N3O/c13-10-12-11-15(8-9-16-12)7-6-14-4-2-1-3-5-14/h12H,1-11,13H2. The van der Waals surface area contributed by atoms with Gasteiger partial charge >= 0.3 is 0 Å². The average Bonchev–Trinajstić information content (AvgIpc) is 2.38. The zero-order chi connectivity index (χ0) is 11.2. The molecule has 0 aliphatic carbocycles. The Kier molecular flexibility index (Phi) is 5.03. The van der Waals surface area contributed by atoms with Gasteiger partial charge < -0.3 is 15.4 Å². The number of likely N-dealkylation sites (tertiary alicyclic amines) is 1. The topological polar surface area (TPSA) is 41.7 Å². The quantitative estimate of drug-likeness (QED) is 0.741. The predicted molar refractivity (Wildman–Crippen MR) is 65.5 cm³/mol. The maximum absolute atomic E-state index is 5.64. The molecule has 2 saturated heterocycles. The Labute approximate surface area is 98.7 Å². The first kappa shape index (κ1) is 12.3. The lowest BCUT2D eigenvalue weighted by atomic mass is 10.1. The van der Waals surface area contributed by atoms with Gasteiger partial charge in [0.1, 0.15) is 0 Å². The highest BCUT2D eigenvalue weighted by Gasteiger charge is 2.19. The summed E-state index contributed by atoms with van der Waals surface area (Å²) in [5.74, 6) is 0. The average molecular weight is 227 g/mol. The van der Waals surface area contributed by atoms with Crippen LogP contribution in [0, 0.1) is 0 Å². The van der Waals surface area contributed by atoms with Gasteiger partial charge in [0, 0.05) is 32.7 Å². The van der Waals surface area contributed by atoms with Crippen molar-refractivity contribution >= 4 is 0 Å². The van der Waals surface area contributed by atoms with Crippen molar-refractivity contribution in [2.75, 3.05) is 52.4 Å². The first-order chi connectivity index (χ1) is 7.88. The van der Waals surface area contributed by atoms with E-state index in [1.807, 2.05) is 0 Å². The van der Waals surface area contributed by atoms with E-state index in [-0.39, 0.29) is 6.10 Å². The maximum atomic E-state index is 5.64. The highest BCUT2D eigenvalue weighted by Crippen LogP contribution is 2.09. The van der Waals surface area contributed by atoms with E-state index in [1.165, 1.54) is 45.4 Å². The summed E-state index contributed by atoms with van der Waals surface area (Å²) in [4.78, 5) is 5.09. The van der Waals surface area contributed by atoms with Crippen LogP contribution >= 0.6 is 0 Å². The molecule has 2 aliphatic heterocycles. The molecule has 1 unspecified atom stereocenters. The minimum atomic E-state index is 0.259. The smallest absolute Gasteiger partial charge is 0.0824 e. The van der Waals surface area contributed by atoms with Gasteiger partial charge in [0.25, 0.3) is 0 Å². The molecular weight excluding hydrogens is 202 g/mol. The van der Waals surface area contributed by atoms with Gasteiger partial charge in [-0.1, -0.05) is 6.42 Å². The first-order valence-electron chi connectivity index (χ1n) is 6.65. The molecule has 2 N–H and O–H groups in total. The molecule has 0 spiro atoms. The minimum Gasteiger partial charge on any atom is -0.374 e. The molecule has 0 radical (unpaired) electrons. The van der Waals surface area contributed by atoms with Crippen molar-refractivity contribution in [1.29, 1.82) is 0 Å². The molecule has 0 amide bonds. The van der Waals surface area contributed by atoms with Gasteiger partial charge in [-0.3, -0.25) is 4.90 Å². The second-order valence-electron chi connectivity index (χ2n) is 4.93. The van der Waals surface area contributed by atoms with Crippen LogP contribution in [0.1, 0.15) is 19.3 Å². The lowest BCUT2D eigenvalue weighted by molar-refractivity contribution is -0.0257. The zero-order valence-corrected chi connectivity index (χ0v) is 10.2. The number of rotatable bonds is 4. The summed E-state index contributed by atoms with van der Waals surface area (Å²) < 4.78 is 5.57. The molecule has 2 fully saturated rings. The van der Waals surface area contributed by atoms with Gasteiger partial charge in [0.2, 0.25) is 0 Å². The predicted octanol–water partition coefficient (Wildman–Crippen LogP) is 0.132. The third-order valence-electron chi connectivity index (χ3n) is 3.67. The summed E-state index contributed by atoms with van der Waals surface area (Å²) in [6.07, 6.45) is 4.45. The number of morpholine rings is 1. The molecule has 1 atom stereocenters. The Morgan fingerprint density at radius 1 is 1.00 bits per heavy atom. The highest BCUT2D eigenvalue weighted by molar-refractivity contribution is 4.74. The summed E-state index contributed by atoms with van der Waals surface area (Å²) in [5.41, 5.74) is 5.64. The molecular formula is C12H25N3O. The molecule has 0 bridgehead atoms. The van der Waals surface area contributed by atoms with E-state index in [0.29, 0.717) is 6.54 Å². The molecule has 2 heterocycles. The number of nitrogens with two attached hydrogens (primary N) is 1. The fourth-order valence-corrected chi connectivity index (χ4v) is 2.59. The molecule has 2 aliphatic rings. The fraction of sp³-hybridized carbons (Fsp3) is 1.00. The van der Waals surface area contributed by atoms with Crippen molar-refractivity contribution in [2.45, 2.75) is 25.4 Å². The number of ether oxygens (including phenoxy) is 1. The molecule has 0 aromatic heterocycles. The highest BCUT2D eigenvalue weighted by atomic mass is 16.5. The van der Waals surface area contributed by atoms with Crippen LogP contribution in [0.4, 0.5) is 0 Å². The van der Waals surface area contributed by atoms with Gasteiger partial charge in [0.05, 0.1) is 12.7 Å². The maximum Gasteiger partial charge on any atom is 0.0824 e. The van der Waals surface area contributed by atoms with Crippen LogP contribution in [0.5, 0.6) is 0 Å². The summed E-state index contributed by atoms with van der Waals surface area (Å²) >= 11 is 0. The Morgan fingerprint density at radius 2 is 1.75 bits per heavy atom. The van der Waals surface area contributed by atoms with Gasteiger partial charge in [-0.2, -0.15) is 0 Å². The second-order valence-corrected chi connectivity index (χ2v) is 4.93. The van der Waals surface area contributed by atoms with Crippen LogP contribution in [-0.2, 0) is 4.74 Å². The van der Waals surface area contributed by atoms with Gasteiger partial charge in [-0.05, 0) is 25.9 Å². The molecule has 4 nitrogen and oxygen atoms in total. The van der Waals surface area contributed by atoms with Crippen LogP contribution in [0.15, 0.2) is 0 Å². The monoisotopic (exact) mass is 227 g/mol. The van der Waals surface area contributed by atoms with Gasteiger partial charge in [0.15, 0.2) is 0 Å². The van der Waals surface area contributed by atoms with Crippen molar-refractivity contribution in [3.8, 4) is 0 Å². The molecule has 4 heteroatoms. The van der Waals surface area contributed by atoms with E-state index in [2.05, 4.69) is 9.80 Å². The molecule has 0 aromatic rings. The van der Waals surface area contributed by atoms with Gasteiger partial charge in [-0.25, -0.2) is 0 Å². The molecule has 0 saturated carbocycles. The summed E-state index contributed by atoms with van der Waals surface area (Å²) in [5, 5.41) is 0. The van der Waals surface area contributed by atoms with Crippen LogP contribution in [0.25, 0.3) is 0 Å². The summed E-state index contributed by atoms with van der Waals surface area (Å²) in [7, 11) is 0. The van der Waals surface area contributed by atoms with E-state index in [4.69, 9.17) is 10.5 Å². The third kappa shape index (κ3) is 3.70. The van der Waals surface area contributed by atoms with Crippen molar-refractivity contribution in [2.24, 2.45) is 5.73 Å². The summed E-state index contributed by atoms with van der Waals surface area (Å²) in [6, 6.07) is 0. The molecule has 16 heavy (non-hydrogen) atoms. The van der Waals surface area contributed by atoms with Crippen LogP contribution in [0.2, 0.25) is 0 Å². The van der Waals surface area contributed by atoms with Gasteiger partial charge in [-0.15, -0.1) is 0 Å². The number of hydrogen-bond acceptors (Lipinski definition) is 4. The zero-order valence-electron chi connectivity index (χ0n) is 10.2. The normalized spacial score (nSPS) is 29.4. The van der Waals surface area contributed by atoms with E-state index < -0.39 is 0 Å². The van der Waals surface area contributed by atoms with Crippen molar-refractivity contribution in [1.82, 2.24) is 9.80 Å². The molecule has 94 valence electrons. The van der Waals surface area contributed by atoms with E-state index in [0.717, 1.165) is 19.7 Å². The Balaban J connectivity index is 1.64. The SMILES string of the molecule is NCC1CN(CCN2CCCCC2)CCO1. The fourth-order valence-electron chi connectivity index (χ4n) is 2.59. The lowest BCUT2D eigenvalue weighted by Crippen LogP contribution is -2.48. The van der Waals surface area contributed by atoms with Crippen LogP contribution in [0.3, 0.4) is 0 Å². The number of nitrogens with zero attached hydrogens (tertiary/aromatic N) is 2. The Morgan fingerprint density at radius 3 is 2.50 bits per heavy atom.